The highest BCUT2D eigenvalue weighted by molar-refractivity contribution is 6.37. The summed E-state index contributed by atoms with van der Waals surface area (Å²) in [5, 5.41) is 5.33. The van der Waals surface area contributed by atoms with Gasteiger partial charge in [0.25, 0.3) is 5.91 Å². The van der Waals surface area contributed by atoms with Crippen molar-refractivity contribution in [3.8, 4) is 0 Å². The normalized spacial score (nSPS) is 17.3. The van der Waals surface area contributed by atoms with Gasteiger partial charge in [0, 0.05) is 18.9 Å². The molecule has 2 aromatic rings. The summed E-state index contributed by atoms with van der Waals surface area (Å²) in [7, 11) is 0. The van der Waals surface area contributed by atoms with Crippen LogP contribution in [0.2, 0.25) is 0 Å². The van der Waals surface area contributed by atoms with Crippen LogP contribution < -0.4 is 10.6 Å². The second-order valence-corrected chi connectivity index (χ2v) is 9.00. The van der Waals surface area contributed by atoms with Crippen LogP contribution in [0.25, 0.3) is 0 Å². The number of hydrogen-bond acceptors (Lipinski definition) is 5. The van der Waals surface area contributed by atoms with Crippen LogP contribution in [0.5, 0.6) is 0 Å². The van der Waals surface area contributed by atoms with Gasteiger partial charge in [0.05, 0.1) is 6.04 Å². The van der Waals surface area contributed by atoms with Crippen molar-refractivity contribution >= 4 is 23.6 Å². The molecule has 2 unspecified atom stereocenters. The molecular formula is C27H32N2O5. The lowest BCUT2D eigenvalue weighted by molar-refractivity contribution is -0.141. The molecule has 34 heavy (non-hydrogen) atoms. The van der Waals surface area contributed by atoms with Gasteiger partial charge in [0.1, 0.15) is 6.61 Å². The maximum absolute atomic E-state index is 13.1. The summed E-state index contributed by atoms with van der Waals surface area (Å²) in [6.45, 7) is 4.01. The Bertz CT molecular complexity index is 1020. The third-order valence-electron chi connectivity index (χ3n) is 6.10. The summed E-state index contributed by atoms with van der Waals surface area (Å²) in [5.74, 6) is -2.46. The van der Waals surface area contributed by atoms with Crippen molar-refractivity contribution in [2.45, 2.75) is 58.7 Å². The lowest BCUT2D eigenvalue weighted by atomic mass is 9.86. The molecule has 180 valence electrons. The Balaban J connectivity index is 1.62. The molecular weight excluding hydrogens is 432 g/mol. The molecule has 0 fully saturated rings. The quantitative estimate of drug-likeness (QED) is 0.608. The Kier molecular flexibility index (Phi) is 8.96. The number of benzene rings is 2. The van der Waals surface area contributed by atoms with Crippen LogP contribution in [0.3, 0.4) is 0 Å². The molecule has 2 N–H and O–H groups in total. The SMILES string of the molecule is CC(C)C(NC(=O)OCc1ccccc1)C(=O)CC1CCCc2ccccc2CNC(=O)C1=O. The zero-order chi connectivity index (χ0) is 24.5. The summed E-state index contributed by atoms with van der Waals surface area (Å²) in [5.41, 5.74) is 2.96. The van der Waals surface area contributed by atoms with E-state index in [9.17, 15) is 19.2 Å². The average molecular weight is 465 g/mol. The van der Waals surface area contributed by atoms with Crippen molar-refractivity contribution in [1.29, 1.82) is 0 Å². The molecule has 7 heteroatoms. The number of ketones is 2. The Hall–Kier alpha value is -3.48. The largest absolute Gasteiger partial charge is 0.445 e. The first-order valence-corrected chi connectivity index (χ1v) is 11.7. The minimum Gasteiger partial charge on any atom is -0.445 e. The van der Waals surface area contributed by atoms with Crippen LogP contribution in [0, 0.1) is 11.8 Å². The van der Waals surface area contributed by atoms with Crippen LogP contribution in [-0.2, 0) is 38.7 Å². The minimum atomic E-state index is -0.810. The van der Waals surface area contributed by atoms with E-state index in [-0.39, 0.29) is 31.3 Å². The molecule has 0 bridgehead atoms. The van der Waals surface area contributed by atoms with Crippen LogP contribution in [0.15, 0.2) is 54.6 Å². The minimum absolute atomic E-state index is 0.0917. The average Bonchev–Trinajstić information content (AvgIpc) is 2.84. The number of nitrogens with one attached hydrogen (secondary N) is 2. The van der Waals surface area contributed by atoms with Gasteiger partial charge in [-0.25, -0.2) is 4.79 Å². The highest BCUT2D eigenvalue weighted by atomic mass is 16.5. The van der Waals surface area contributed by atoms with Crippen molar-refractivity contribution < 1.29 is 23.9 Å². The third kappa shape index (κ3) is 7.01. The molecule has 2 atom stereocenters. The van der Waals surface area contributed by atoms with E-state index in [2.05, 4.69) is 10.6 Å². The first kappa shape index (κ1) is 25.1. The number of rotatable bonds is 7. The highest BCUT2D eigenvalue weighted by Crippen LogP contribution is 2.21. The van der Waals surface area contributed by atoms with Crippen LogP contribution in [0.1, 0.15) is 49.8 Å². The van der Waals surface area contributed by atoms with Crippen molar-refractivity contribution in [2.75, 3.05) is 0 Å². The fourth-order valence-electron chi connectivity index (χ4n) is 4.17. The summed E-state index contributed by atoms with van der Waals surface area (Å²) in [6, 6.07) is 16.3. The monoisotopic (exact) mass is 464 g/mol. The maximum atomic E-state index is 13.1. The fourth-order valence-corrected chi connectivity index (χ4v) is 4.17. The van der Waals surface area contributed by atoms with E-state index >= 15 is 0 Å². The lowest BCUT2D eigenvalue weighted by Gasteiger charge is -2.24. The summed E-state index contributed by atoms with van der Waals surface area (Å²) >= 11 is 0. The molecule has 0 aliphatic carbocycles. The topological polar surface area (TPSA) is 102 Å². The molecule has 2 aromatic carbocycles. The van der Waals surface area contributed by atoms with Gasteiger partial charge in [0.15, 0.2) is 5.78 Å². The molecule has 1 heterocycles. The van der Waals surface area contributed by atoms with E-state index < -0.39 is 29.7 Å². The Morgan fingerprint density at radius 1 is 1.03 bits per heavy atom. The first-order chi connectivity index (χ1) is 16.3. The van der Waals surface area contributed by atoms with E-state index in [1.54, 1.807) is 0 Å². The predicted octanol–water partition coefficient (Wildman–Crippen LogP) is 3.73. The second kappa shape index (κ2) is 12.1. The van der Waals surface area contributed by atoms with Gasteiger partial charge in [-0.05, 0) is 41.9 Å². The van der Waals surface area contributed by atoms with E-state index in [0.29, 0.717) is 12.8 Å². The van der Waals surface area contributed by atoms with Crippen LogP contribution in [0.4, 0.5) is 4.79 Å². The number of ether oxygens (including phenoxy) is 1. The maximum Gasteiger partial charge on any atom is 0.408 e. The number of carbonyl (C=O) groups is 4. The third-order valence-corrected chi connectivity index (χ3v) is 6.10. The Morgan fingerprint density at radius 2 is 1.71 bits per heavy atom. The number of amides is 2. The fraction of sp³-hybridized carbons (Fsp3) is 0.407. The molecule has 0 spiro atoms. The molecule has 1 aliphatic rings. The highest BCUT2D eigenvalue weighted by Gasteiger charge is 2.32. The molecule has 7 nitrogen and oxygen atoms in total. The lowest BCUT2D eigenvalue weighted by Crippen LogP contribution is -2.46. The molecule has 2 amide bonds. The van der Waals surface area contributed by atoms with E-state index in [4.69, 9.17) is 4.74 Å². The Morgan fingerprint density at radius 3 is 2.41 bits per heavy atom. The van der Waals surface area contributed by atoms with Gasteiger partial charge in [-0.2, -0.15) is 0 Å². The van der Waals surface area contributed by atoms with Crippen LogP contribution in [-0.4, -0.2) is 29.6 Å². The van der Waals surface area contributed by atoms with Gasteiger partial charge in [0.2, 0.25) is 5.78 Å². The predicted molar refractivity (Wildman–Crippen MR) is 128 cm³/mol. The zero-order valence-corrected chi connectivity index (χ0v) is 19.7. The van der Waals surface area contributed by atoms with Crippen molar-refractivity contribution in [3.63, 3.8) is 0 Å². The van der Waals surface area contributed by atoms with Gasteiger partial charge in [-0.1, -0.05) is 68.4 Å². The number of Topliss-reactive ketones (excluding diaryl/α,β-unsaturated/α-hetero) is 2. The zero-order valence-electron chi connectivity index (χ0n) is 19.7. The molecule has 0 saturated carbocycles. The molecule has 3 rings (SSSR count). The van der Waals surface area contributed by atoms with E-state index in [1.165, 1.54) is 0 Å². The number of carbonyl (C=O) groups excluding carboxylic acids is 4. The van der Waals surface area contributed by atoms with Crippen molar-refractivity contribution in [3.05, 3.63) is 71.3 Å². The smallest absolute Gasteiger partial charge is 0.408 e. The van der Waals surface area contributed by atoms with Crippen molar-refractivity contribution in [1.82, 2.24) is 10.6 Å². The van der Waals surface area contributed by atoms with Gasteiger partial charge in [-0.15, -0.1) is 0 Å². The number of fused-ring (bicyclic) bond motifs is 1. The van der Waals surface area contributed by atoms with Gasteiger partial charge >= 0.3 is 6.09 Å². The number of hydrogen-bond donors (Lipinski definition) is 2. The molecule has 0 radical (unpaired) electrons. The summed E-state index contributed by atoms with van der Waals surface area (Å²) < 4.78 is 5.25. The molecule has 1 aliphatic heterocycles. The number of alkyl carbamates (subject to hydrolysis) is 1. The van der Waals surface area contributed by atoms with Crippen molar-refractivity contribution in [2.24, 2.45) is 11.8 Å². The standard InChI is InChI=1S/C27H32N2O5/c1-18(2)24(29-27(33)34-17-19-9-4-3-5-10-19)23(30)15-21-14-8-13-20-11-6-7-12-22(20)16-28-26(32)25(21)31/h3-7,9-12,18,21,24H,8,13-17H2,1-2H3,(H,28,32)(H,29,33). The molecule has 0 saturated heterocycles. The summed E-state index contributed by atoms with van der Waals surface area (Å²) in [6.07, 6.45) is 1.09. The van der Waals surface area contributed by atoms with E-state index in [0.717, 1.165) is 23.1 Å². The Labute approximate surface area is 200 Å². The van der Waals surface area contributed by atoms with Crippen LogP contribution >= 0.6 is 0 Å². The second-order valence-electron chi connectivity index (χ2n) is 9.00. The number of aryl methyl sites for hydroxylation is 1. The van der Waals surface area contributed by atoms with Gasteiger partial charge < -0.3 is 15.4 Å². The first-order valence-electron chi connectivity index (χ1n) is 11.7. The molecule has 0 aromatic heterocycles. The summed E-state index contributed by atoms with van der Waals surface area (Å²) in [4.78, 5) is 50.7. The van der Waals surface area contributed by atoms with E-state index in [1.807, 2.05) is 68.4 Å². The van der Waals surface area contributed by atoms with Gasteiger partial charge in [-0.3, -0.25) is 14.4 Å².